The van der Waals surface area contributed by atoms with Crippen molar-refractivity contribution in [3.05, 3.63) is 0 Å². The fraction of sp³-hybridized carbons (Fsp3) is 0.867. The second-order valence-electron chi connectivity index (χ2n) is 5.91. The molecule has 1 N–H and O–H groups in total. The molecule has 0 radical (unpaired) electrons. The molecule has 0 aliphatic carbocycles. The van der Waals surface area contributed by atoms with Crippen LogP contribution in [0.4, 0.5) is 0 Å². The Labute approximate surface area is 132 Å². The van der Waals surface area contributed by atoms with Crippen LogP contribution in [0.3, 0.4) is 0 Å². The molecule has 2 aliphatic heterocycles. The fourth-order valence-corrected chi connectivity index (χ4v) is 2.92. The van der Waals surface area contributed by atoms with Gasteiger partial charge in [0.25, 0.3) is 0 Å². The lowest BCUT2D eigenvalue weighted by Gasteiger charge is -2.35. The highest BCUT2D eigenvalue weighted by molar-refractivity contribution is 5.80. The Morgan fingerprint density at radius 2 is 1.55 bits per heavy atom. The zero-order valence-corrected chi connectivity index (χ0v) is 13.6. The average Bonchev–Trinajstić information content (AvgIpc) is 3.04. The van der Waals surface area contributed by atoms with Gasteiger partial charge in [-0.3, -0.25) is 14.5 Å². The molecule has 2 aliphatic rings. The molecule has 2 saturated heterocycles. The third-order valence-electron chi connectivity index (χ3n) is 4.30. The number of hydrogen-bond acceptors (Lipinski definition) is 5. The summed E-state index contributed by atoms with van der Waals surface area (Å²) in [6.45, 7) is 6.80. The van der Waals surface area contributed by atoms with E-state index in [0.29, 0.717) is 52.4 Å². The maximum Gasteiger partial charge on any atom is 0.236 e. The highest BCUT2D eigenvalue weighted by atomic mass is 16.5. The molecular formula is C15H28N4O3. The Hall–Kier alpha value is -1.18. The molecule has 0 bridgehead atoms. The van der Waals surface area contributed by atoms with Crippen molar-refractivity contribution in [2.24, 2.45) is 0 Å². The zero-order chi connectivity index (χ0) is 15.8. The molecule has 2 heterocycles. The normalized spacial score (nSPS) is 19.7. The summed E-state index contributed by atoms with van der Waals surface area (Å²) in [4.78, 5) is 30.2. The van der Waals surface area contributed by atoms with Crippen LogP contribution in [0.15, 0.2) is 0 Å². The Morgan fingerprint density at radius 1 is 0.955 bits per heavy atom. The summed E-state index contributed by atoms with van der Waals surface area (Å²) in [5, 5.41) is 3.06. The van der Waals surface area contributed by atoms with E-state index in [0.717, 1.165) is 13.1 Å². The predicted octanol–water partition coefficient (Wildman–Crippen LogP) is -1.01. The molecule has 0 aromatic rings. The van der Waals surface area contributed by atoms with E-state index in [4.69, 9.17) is 4.74 Å². The Bertz CT molecular complexity index is 364. The first-order valence-corrected chi connectivity index (χ1v) is 8.18. The summed E-state index contributed by atoms with van der Waals surface area (Å²) in [5.41, 5.74) is 0. The van der Waals surface area contributed by atoms with E-state index in [1.165, 1.54) is 12.8 Å². The lowest BCUT2D eigenvalue weighted by Crippen LogP contribution is -2.53. The number of ether oxygens (including phenoxy) is 1. The zero-order valence-electron chi connectivity index (χ0n) is 13.6. The van der Waals surface area contributed by atoms with E-state index in [-0.39, 0.29) is 11.8 Å². The lowest BCUT2D eigenvalue weighted by atomic mass is 10.3. The van der Waals surface area contributed by atoms with Crippen molar-refractivity contribution in [2.45, 2.75) is 12.8 Å². The number of likely N-dealkylation sites (tertiary alicyclic amines) is 1. The third-order valence-corrected chi connectivity index (χ3v) is 4.30. The Morgan fingerprint density at radius 3 is 2.14 bits per heavy atom. The van der Waals surface area contributed by atoms with E-state index in [1.807, 2.05) is 9.80 Å². The van der Waals surface area contributed by atoms with E-state index in [1.54, 1.807) is 7.11 Å². The lowest BCUT2D eigenvalue weighted by molar-refractivity contribution is -0.139. The predicted molar refractivity (Wildman–Crippen MR) is 83.6 cm³/mol. The second kappa shape index (κ2) is 9.07. The van der Waals surface area contributed by atoms with Crippen molar-refractivity contribution in [1.82, 2.24) is 20.0 Å². The van der Waals surface area contributed by atoms with Crippen molar-refractivity contribution in [3.8, 4) is 0 Å². The number of piperazine rings is 1. The van der Waals surface area contributed by atoms with Gasteiger partial charge in [0.05, 0.1) is 19.7 Å². The molecule has 7 nitrogen and oxygen atoms in total. The molecule has 7 heteroatoms. The summed E-state index contributed by atoms with van der Waals surface area (Å²) >= 11 is 0. The third kappa shape index (κ3) is 5.23. The largest absolute Gasteiger partial charge is 0.383 e. The first-order chi connectivity index (χ1) is 10.7. The van der Waals surface area contributed by atoms with Crippen LogP contribution in [0.2, 0.25) is 0 Å². The molecule has 0 atom stereocenters. The maximum atomic E-state index is 12.2. The van der Waals surface area contributed by atoms with Gasteiger partial charge in [0.1, 0.15) is 0 Å². The van der Waals surface area contributed by atoms with Gasteiger partial charge in [-0.25, -0.2) is 0 Å². The summed E-state index contributed by atoms with van der Waals surface area (Å²) in [5.74, 6) is 0.301. The molecular weight excluding hydrogens is 284 g/mol. The minimum atomic E-state index is 0.0998. The smallest absolute Gasteiger partial charge is 0.236 e. The van der Waals surface area contributed by atoms with Gasteiger partial charge in [0, 0.05) is 39.8 Å². The topological polar surface area (TPSA) is 65.1 Å². The molecule has 0 saturated carbocycles. The molecule has 0 spiro atoms. The van der Waals surface area contributed by atoms with E-state index >= 15 is 0 Å². The minimum absolute atomic E-state index is 0.0998. The van der Waals surface area contributed by atoms with Crippen LogP contribution in [-0.4, -0.2) is 99.1 Å². The second-order valence-corrected chi connectivity index (χ2v) is 5.91. The molecule has 0 aromatic heterocycles. The summed E-state index contributed by atoms with van der Waals surface area (Å²) in [7, 11) is 1.64. The average molecular weight is 312 g/mol. The van der Waals surface area contributed by atoms with Gasteiger partial charge in [0.15, 0.2) is 0 Å². The van der Waals surface area contributed by atoms with Crippen LogP contribution >= 0.6 is 0 Å². The van der Waals surface area contributed by atoms with Crippen molar-refractivity contribution in [3.63, 3.8) is 0 Å². The van der Waals surface area contributed by atoms with Crippen molar-refractivity contribution < 1.29 is 14.3 Å². The van der Waals surface area contributed by atoms with Gasteiger partial charge in [-0.1, -0.05) is 0 Å². The van der Waals surface area contributed by atoms with E-state index in [2.05, 4.69) is 10.2 Å². The molecule has 2 rings (SSSR count). The first kappa shape index (κ1) is 17.2. The number of methoxy groups -OCH3 is 1. The molecule has 126 valence electrons. The number of nitrogens with zero attached hydrogens (tertiary/aromatic N) is 3. The minimum Gasteiger partial charge on any atom is -0.383 e. The monoisotopic (exact) mass is 312 g/mol. The molecule has 22 heavy (non-hydrogen) atoms. The highest BCUT2D eigenvalue weighted by Crippen LogP contribution is 2.09. The number of rotatable bonds is 7. The molecule has 0 aromatic carbocycles. The first-order valence-electron chi connectivity index (χ1n) is 8.18. The number of amides is 2. The van der Waals surface area contributed by atoms with Gasteiger partial charge in [-0.05, 0) is 25.9 Å². The van der Waals surface area contributed by atoms with E-state index < -0.39 is 0 Å². The van der Waals surface area contributed by atoms with Gasteiger partial charge in [0.2, 0.25) is 11.8 Å². The van der Waals surface area contributed by atoms with Gasteiger partial charge >= 0.3 is 0 Å². The molecule has 2 amide bonds. The summed E-state index contributed by atoms with van der Waals surface area (Å²) < 4.78 is 4.93. The number of carbonyl (C=O) groups is 2. The summed E-state index contributed by atoms with van der Waals surface area (Å²) in [6.07, 6.45) is 2.40. The van der Waals surface area contributed by atoms with Crippen LogP contribution in [0, 0.1) is 0 Å². The highest BCUT2D eigenvalue weighted by Gasteiger charge is 2.25. The van der Waals surface area contributed by atoms with Gasteiger partial charge in [-0.2, -0.15) is 0 Å². The maximum absolute atomic E-state index is 12.2. The number of nitrogens with one attached hydrogen (secondary N) is 1. The molecule has 2 fully saturated rings. The number of carbonyl (C=O) groups excluding carboxylic acids is 2. The quantitative estimate of drug-likeness (QED) is 0.610. The fourth-order valence-electron chi connectivity index (χ4n) is 2.92. The van der Waals surface area contributed by atoms with Gasteiger partial charge < -0.3 is 19.9 Å². The Balaban J connectivity index is 1.64. The molecule has 0 unspecified atom stereocenters. The van der Waals surface area contributed by atoms with Crippen molar-refractivity contribution in [2.75, 3.05) is 72.6 Å². The van der Waals surface area contributed by atoms with Crippen molar-refractivity contribution >= 4 is 11.8 Å². The Kier molecular flexibility index (Phi) is 7.08. The van der Waals surface area contributed by atoms with Crippen LogP contribution in [0.25, 0.3) is 0 Å². The van der Waals surface area contributed by atoms with Crippen molar-refractivity contribution in [1.29, 1.82) is 0 Å². The standard InChI is InChI=1S/C15H28N4O3/c1-22-11-4-16-12-14(20)18-7-9-19(10-8-18)15(21)13-17-5-2-3-6-17/h16H,2-13H2,1H3. The van der Waals surface area contributed by atoms with E-state index in [9.17, 15) is 9.59 Å². The van der Waals surface area contributed by atoms with Crippen LogP contribution in [0.5, 0.6) is 0 Å². The van der Waals surface area contributed by atoms with Crippen LogP contribution in [0.1, 0.15) is 12.8 Å². The SMILES string of the molecule is COCCNCC(=O)N1CCN(C(=O)CN2CCCC2)CC1. The van der Waals surface area contributed by atoms with Crippen LogP contribution in [-0.2, 0) is 14.3 Å². The summed E-state index contributed by atoms with van der Waals surface area (Å²) in [6, 6.07) is 0. The number of hydrogen-bond donors (Lipinski definition) is 1. The van der Waals surface area contributed by atoms with Crippen LogP contribution < -0.4 is 5.32 Å². The van der Waals surface area contributed by atoms with Gasteiger partial charge in [-0.15, -0.1) is 0 Å².